The smallest absolute Gasteiger partial charge is 0.0914 e. The molecule has 0 aliphatic carbocycles. The van der Waals surface area contributed by atoms with E-state index in [1.165, 1.54) is 64.5 Å². The molecule has 0 amide bonds. The largest absolute Gasteiger partial charge is 0.387 e. The summed E-state index contributed by atoms with van der Waals surface area (Å²) in [5.41, 5.74) is 1.06. The van der Waals surface area contributed by atoms with E-state index in [2.05, 4.69) is 55.1 Å². The van der Waals surface area contributed by atoms with E-state index in [1.54, 1.807) is 0 Å². The number of nitrogens with zero attached hydrogens (tertiary/aromatic N) is 2. The van der Waals surface area contributed by atoms with Crippen LogP contribution >= 0.6 is 0 Å². The molecule has 36 heavy (non-hydrogen) atoms. The van der Waals surface area contributed by atoms with Crippen molar-refractivity contribution in [3.63, 3.8) is 0 Å². The zero-order chi connectivity index (χ0) is 26.2. The maximum Gasteiger partial charge on any atom is 0.0914 e. The maximum atomic E-state index is 10.4. The highest BCUT2D eigenvalue weighted by atomic mass is 16.3. The summed E-state index contributed by atoms with van der Waals surface area (Å²) in [6.07, 6.45) is 10.1. The lowest BCUT2D eigenvalue weighted by Crippen LogP contribution is -2.65. The van der Waals surface area contributed by atoms with Gasteiger partial charge in [-0.25, -0.2) is 0 Å². The summed E-state index contributed by atoms with van der Waals surface area (Å²) >= 11 is 0. The third-order valence-corrected chi connectivity index (χ3v) is 8.04. The van der Waals surface area contributed by atoms with Crippen LogP contribution in [0.25, 0.3) is 0 Å². The van der Waals surface area contributed by atoms with Crippen LogP contribution in [0, 0.1) is 11.8 Å². The number of aliphatic hydroxyl groups excluding tert-OH is 1. The average Bonchev–Trinajstić information content (AvgIpc) is 2.88. The van der Waals surface area contributed by atoms with E-state index < -0.39 is 6.10 Å². The number of hydrogen-bond donors (Lipinski definition) is 3. The molecule has 2 rings (SSSR count). The van der Waals surface area contributed by atoms with Gasteiger partial charge in [0.05, 0.1) is 12.8 Å². The lowest BCUT2D eigenvalue weighted by atomic mass is 9.93. The second-order valence-electron chi connectivity index (χ2n) is 11.6. The summed E-state index contributed by atoms with van der Waals surface area (Å²) < 4.78 is 0. The van der Waals surface area contributed by atoms with Gasteiger partial charge in [-0.2, -0.15) is 0 Å². The zero-order valence-corrected chi connectivity index (χ0v) is 24.3. The van der Waals surface area contributed by atoms with Gasteiger partial charge in [-0.1, -0.05) is 96.6 Å². The van der Waals surface area contributed by atoms with Gasteiger partial charge in [-0.3, -0.25) is 9.80 Å². The van der Waals surface area contributed by atoms with Crippen molar-refractivity contribution in [3.05, 3.63) is 35.9 Å². The summed E-state index contributed by atoms with van der Waals surface area (Å²) in [4.78, 5) is 5.47. The molecule has 0 spiro atoms. The quantitative estimate of drug-likeness (QED) is 0.213. The van der Waals surface area contributed by atoms with Crippen molar-refractivity contribution in [1.29, 1.82) is 0 Å². The van der Waals surface area contributed by atoms with Gasteiger partial charge in [0.2, 0.25) is 0 Å². The topological polar surface area (TPSA) is 50.8 Å². The summed E-state index contributed by atoms with van der Waals surface area (Å²) in [5.74, 6) is 1.61. The van der Waals surface area contributed by atoms with Gasteiger partial charge in [0.25, 0.3) is 0 Å². The molecule has 1 heterocycles. The molecule has 0 radical (unpaired) electrons. The highest BCUT2D eigenvalue weighted by Crippen LogP contribution is 2.23. The molecule has 5 heteroatoms. The van der Waals surface area contributed by atoms with Crippen molar-refractivity contribution in [2.24, 2.45) is 11.8 Å². The average molecular weight is 503 g/mol. The van der Waals surface area contributed by atoms with Gasteiger partial charge in [0, 0.05) is 51.4 Å². The first-order chi connectivity index (χ1) is 17.4. The van der Waals surface area contributed by atoms with Crippen LogP contribution in [0.2, 0.25) is 0 Å². The molecule has 1 aliphatic rings. The number of rotatable bonds is 19. The molecule has 5 nitrogen and oxygen atoms in total. The van der Waals surface area contributed by atoms with E-state index in [0.29, 0.717) is 6.54 Å². The minimum Gasteiger partial charge on any atom is -0.387 e. The van der Waals surface area contributed by atoms with Crippen LogP contribution in [0.5, 0.6) is 0 Å². The Morgan fingerprint density at radius 1 is 0.861 bits per heavy atom. The van der Waals surface area contributed by atoms with Crippen molar-refractivity contribution in [3.8, 4) is 0 Å². The Morgan fingerprint density at radius 3 is 1.92 bits per heavy atom. The van der Waals surface area contributed by atoms with E-state index in [-0.39, 0.29) is 5.54 Å². The fraction of sp³-hybridized carbons (Fsp3) is 0.806. The van der Waals surface area contributed by atoms with Crippen molar-refractivity contribution < 1.29 is 5.11 Å². The first-order valence-electron chi connectivity index (χ1n) is 15.1. The van der Waals surface area contributed by atoms with Gasteiger partial charge < -0.3 is 15.7 Å². The Kier molecular flexibility index (Phi) is 15.2. The van der Waals surface area contributed by atoms with Crippen LogP contribution in [0.3, 0.4) is 0 Å². The van der Waals surface area contributed by atoms with Gasteiger partial charge in [0.15, 0.2) is 0 Å². The molecule has 3 N–H and O–H groups in total. The Morgan fingerprint density at radius 2 is 1.42 bits per heavy atom. The van der Waals surface area contributed by atoms with Gasteiger partial charge >= 0.3 is 0 Å². The first kappa shape index (κ1) is 31.2. The fourth-order valence-electron chi connectivity index (χ4n) is 5.83. The van der Waals surface area contributed by atoms with Crippen LogP contribution in [0.15, 0.2) is 30.3 Å². The summed E-state index contributed by atoms with van der Waals surface area (Å²) in [6.45, 7) is 19.9. The van der Waals surface area contributed by atoms with Crippen molar-refractivity contribution >= 4 is 0 Å². The second-order valence-corrected chi connectivity index (χ2v) is 11.6. The van der Waals surface area contributed by atoms with Crippen molar-refractivity contribution in [2.75, 3.05) is 52.5 Å². The van der Waals surface area contributed by atoms with Gasteiger partial charge in [0.1, 0.15) is 0 Å². The minimum atomic E-state index is -0.453. The molecule has 3 atom stereocenters. The van der Waals surface area contributed by atoms with E-state index in [0.717, 1.165) is 50.2 Å². The molecule has 208 valence electrons. The molecule has 1 aliphatic heterocycles. The highest BCUT2D eigenvalue weighted by Gasteiger charge is 2.35. The van der Waals surface area contributed by atoms with Crippen LogP contribution in [0.1, 0.15) is 97.7 Å². The van der Waals surface area contributed by atoms with Crippen LogP contribution in [-0.2, 0) is 0 Å². The predicted molar refractivity (Wildman–Crippen MR) is 155 cm³/mol. The number of nitrogens with one attached hydrogen (secondary N) is 2. The molecule has 1 fully saturated rings. The number of hydrogen-bond acceptors (Lipinski definition) is 5. The van der Waals surface area contributed by atoms with Gasteiger partial charge in [-0.05, 0) is 37.2 Å². The fourth-order valence-corrected chi connectivity index (χ4v) is 5.83. The normalized spacial score (nSPS) is 21.9. The monoisotopic (exact) mass is 502 g/mol. The third-order valence-electron chi connectivity index (χ3n) is 8.04. The molecule has 1 aromatic rings. The molecular formula is C31H58N4O. The van der Waals surface area contributed by atoms with Crippen molar-refractivity contribution in [1.82, 2.24) is 20.4 Å². The molecule has 0 aromatic heterocycles. The predicted octanol–water partition coefficient (Wildman–Crippen LogP) is 5.67. The number of benzene rings is 1. The molecule has 3 unspecified atom stereocenters. The summed E-state index contributed by atoms with van der Waals surface area (Å²) in [7, 11) is 0. The number of aliphatic hydroxyl groups is 1. The van der Waals surface area contributed by atoms with Gasteiger partial charge in [-0.15, -0.1) is 0 Å². The standard InChI is InChI=1S/C31H58N4O/c1-6-10-15-27(8-3)22-34-24-31(5,25-35(26-34)23-28(9-4)16-11-7-2)33-20-19-32-21-30(36)29-17-13-12-14-18-29/h12-14,17-18,27-28,30,32-33,36H,6-11,15-16,19-26H2,1-5H3. The minimum absolute atomic E-state index is 0.0874. The number of unbranched alkanes of at least 4 members (excludes halogenated alkanes) is 2. The first-order valence-corrected chi connectivity index (χ1v) is 15.1. The molecule has 1 saturated heterocycles. The molecule has 0 saturated carbocycles. The SMILES string of the molecule is CCCCC(CC)CN1CN(CC(CC)CCCC)CC(C)(NCCNCC(O)c2ccccc2)C1. The Labute approximate surface area is 223 Å². The Bertz CT molecular complexity index is 644. The molecule has 1 aromatic carbocycles. The van der Waals surface area contributed by atoms with Crippen LogP contribution < -0.4 is 10.6 Å². The van der Waals surface area contributed by atoms with E-state index in [9.17, 15) is 5.11 Å². The van der Waals surface area contributed by atoms with E-state index in [1.807, 2.05) is 30.3 Å². The van der Waals surface area contributed by atoms with Crippen LogP contribution in [-0.4, -0.2) is 72.9 Å². The van der Waals surface area contributed by atoms with Crippen LogP contribution in [0.4, 0.5) is 0 Å². The van der Waals surface area contributed by atoms with E-state index in [4.69, 9.17) is 0 Å². The Balaban J connectivity index is 1.91. The third kappa shape index (κ3) is 11.6. The second kappa shape index (κ2) is 17.5. The maximum absolute atomic E-state index is 10.4. The summed E-state index contributed by atoms with van der Waals surface area (Å²) in [5, 5.41) is 17.8. The lowest BCUT2D eigenvalue weighted by molar-refractivity contribution is 0.00514. The zero-order valence-electron chi connectivity index (χ0n) is 24.3. The Hall–Kier alpha value is -0.980. The summed E-state index contributed by atoms with van der Waals surface area (Å²) in [6, 6.07) is 9.94. The highest BCUT2D eigenvalue weighted by molar-refractivity contribution is 5.17. The molecular weight excluding hydrogens is 444 g/mol. The molecule has 0 bridgehead atoms. The van der Waals surface area contributed by atoms with E-state index >= 15 is 0 Å². The lowest BCUT2D eigenvalue weighted by Gasteiger charge is -2.48. The van der Waals surface area contributed by atoms with Crippen molar-refractivity contribution in [2.45, 2.75) is 97.6 Å².